The van der Waals surface area contributed by atoms with Crippen LogP contribution < -0.4 is 5.32 Å². The van der Waals surface area contributed by atoms with E-state index in [-0.39, 0.29) is 6.03 Å². The van der Waals surface area contributed by atoms with Gasteiger partial charge in [-0.2, -0.15) is 0 Å². The number of rotatable bonds is 2. The van der Waals surface area contributed by atoms with Crippen LogP contribution in [0.25, 0.3) is 0 Å². The predicted molar refractivity (Wildman–Crippen MR) is 90.8 cm³/mol. The van der Waals surface area contributed by atoms with Crippen molar-refractivity contribution in [3.05, 3.63) is 35.9 Å². The smallest absolute Gasteiger partial charge is 0.343 e. The molecule has 0 unspecified atom stereocenters. The number of carbonyl (C=O) groups is 1. The summed E-state index contributed by atoms with van der Waals surface area (Å²) in [6, 6.07) is 9.91. The molecule has 23 heavy (non-hydrogen) atoms. The number of nitrogens with zero attached hydrogens (tertiary/aromatic N) is 2. The molecule has 0 spiro atoms. The van der Waals surface area contributed by atoms with Crippen molar-refractivity contribution in [1.29, 1.82) is 0 Å². The average molecular weight is 315 g/mol. The van der Waals surface area contributed by atoms with E-state index in [1.165, 1.54) is 0 Å². The number of aliphatic hydroxyl groups is 1. The summed E-state index contributed by atoms with van der Waals surface area (Å²) in [6.07, 6.45) is 3.59. The molecule has 2 N–H and O–H groups in total. The van der Waals surface area contributed by atoms with Crippen LogP contribution in [0.1, 0.15) is 31.2 Å². The summed E-state index contributed by atoms with van der Waals surface area (Å²) >= 11 is 0. The number of hydrogen-bond donors (Lipinski definition) is 2. The van der Waals surface area contributed by atoms with E-state index in [1.807, 2.05) is 30.3 Å². The maximum Gasteiger partial charge on any atom is 0.343 e. The lowest BCUT2D eigenvalue weighted by Crippen LogP contribution is -2.47. The van der Waals surface area contributed by atoms with Crippen molar-refractivity contribution in [1.82, 2.24) is 10.2 Å². The zero-order valence-electron chi connectivity index (χ0n) is 13.5. The number of piperidine rings is 2. The number of nitrogens with one attached hydrogen (secondary N) is 1. The number of aliphatic imine (C=N–C) groups is 1. The Bertz CT molecular complexity index is 555. The topological polar surface area (TPSA) is 64.9 Å². The Kier molecular flexibility index (Phi) is 5.08. The molecule has 0 aromatic heterocycles. The van der Waals surface area contributed by atoms with E-state index in [2.05, 4.69) is 10.3 Å². The first-order valence-electron chi connectivity index (χ1n) is 8.47. The van der Waals surface area contributed by atoms with E-state index in [0.29, 0.717) is 32.4 Å². The highest BCUT2D eigenvalue weighted by Gasteiger charge is 2.34. The van der Waals surface area contributed by atoms with E-state index in [1.54, 1.807) is 4.90 Å². The number of benzene rings is 1. The van der Waals surface area contributed by atoms with Gasteiger partial charge in [0.1, 0.15) is 0 Å². The Morgan fingerprint density at radius 1 is 1.17 bits per heavy atom. The van der Waals surface area contributed by atoms with Crippen molar-refractivity contribution in [3.8, 4) is 0 Å². The molecule has 1 aromatic carbocycles. The van der Waals surface area contributed by atoms with Crippen LogP contribution in [-0.2, 0) is 6.42 Å². The molecule has 2 aliphatic heterocycles. The Morgan fingerprint density at radius 2 is 1.83 bits per heavy atom. The molecule has 0 radical (unpaired) electrons. The monoisotopic (exact) mass is 315 g/mol. The summed E-state index contributed by atoms with van der Waals surface area (Å²) in [5, 5.41) is 14.0. The summed E-state index contributed by atoms with van der Waals surface area (Å²) in [7, 11) is 0. The summed E-state index contributed by atoms with van der Waals surface area (Å²) < 4.78 is 0. The summed E-state index contributed by atoms with van der Waals surface area (Å²) in [4.78, 5) is 18.3. The minimum absolute atomic E-state index is 0.135. The van der Waals surface area contributed by atoms with Gasteiger partial charge in [-0.25, -0.2) is 9.79 Å². The lowest BCUT2D eigenvalue weighted by molar-refractivity contribution is -0.0108. The van der Waals surface area contributed by atoms with Crippen molar-refractivity contribution in [3.63, 3.8) is 0 Å². The Balaban J connectivity index is 1.54. The van der Waals surface area contributed by atoms with Gasteiger partial charge in [0.2, 0.25) is 0 Å². The van der Waals surface area contributed by atoms with Gasteiger partial charge in [-0.05, 0) is 31.2 Å². The number of urea groups is 1. The molecular weight excluding hydrogens is 290 g/mol. The van der Waals surface area contributed by atoms with Crippen LogP contribution in [0.5, 0.6) is 0 Å². The lowest BCUT2D eigenvalue weighted by Gasteiger charge is -2.37. The summed E-state index contributed by atoms with van der Waals surface area (Å²) in [6.45, 7) is 2.97. The molecule has 0 bridgehead atoms. The van der Waals surface area contributed by atoms with Gasteiger partial charge >= 0.3 is 6.03 Å². The molecule has 2 amide bonds. The van der Waals surface area contributed by atoms with Crippen LogP contribution >= 0.6 is 0 Å². The van der Waals surface area contributed by atoms with E-state index in [9.17, 15) is 9.90 Å². The highest BCUT2D eigenvalue weighted by Crippen LogP contribution is 2.26. The van der Waals surface area contributed by atoms with E-state index < -0.39 is 5.60 Å². The van der Waals surface area contributed by atoms with Crippen molar-refractivity contribution in [2.75, 3.05) is 26.2 Å². The Morgan fingerprint density at radius 3 is 2.48 bits per heavy atom. The third-order valence-electron chi connectivity index (χ3n) is 4.78. The van der Waals surface area contributed by atoms with Gasteiger partial charge in [0.15, 0.2) is 0 Å². The summed E-state index contributed by atoms with van der Waals surface area (Å²) in [5.41, 5.74) is 1.43. The van der Waals surface area contributed by atoms with Crippen LogP contribution in [0.4, 0.5) is 4.79 Å². The highest BCUT2D eigenvalue weighted by molar-refractivity contribution is 5.95. The molecule has 2 aliphatic rings. The first-order chi connectivity index (χ1) is 11.1. The molecule has 124 valence electrons. The van der Waals surface area contributed by atoms with E-state index >= 15 is 0 Å². The zero-order valence-corrected chi connectivity index (χ0v) is 13.5. The summed E-state index contributed by atoms with van der Waals surface area (Å²) in [5.74, 6) is 0. The second kappa shape index (κ2) is 7.23. The fourth-order valence-electron chi connectivity index (χ4n) is 3.30. The largest absolute Gasteiger partial charge is 0.389 e. The number of hydrogen-bond acceptors (Lipinski definition) is 3. The molecular formula is C18H25N3O2. The van der Waals surface area contributed by atoms with E-state index in [4.69, 9.17) is 0 Å². The van der Waals surface area contributed by atoms with E-state index in [0.717, 1.165) is 37.2 Å². The van der Waals surface area contributed by atoms with Gasteiger partial charge in [-0.3, -0.25) is 0 Å². The molecule has 5 heteroatoms. The molecule has 0 saturated carbocycles. The van der Waals surface area contributed by atoms with Crippen LogP contribution in [0.3, 0.4) is 0 Å². The molecule has 0 aliphatic carbocycles. The predicted octanol–water partition coefficient (Wildman–Crippen LogP) is 2.00. The molecule has 5 nitrogen and oxygen atoms in total. The Labute approximate surface area is 137 Å². The van der Waals surface area contributed by atoms with Crippen molar-refractivity contribution in [2.45, 2.75) is 37.7 Å². The third-order valence-corrected chi connectivity index (χ3v) is 4.78. The van der Waals surface area contributed by atoms with Crippen molar-refractivity contribution < 1.29 is 9.90 Å². The number of amides is 2. The van der Waals surface area contributed by atoms with Gasteiger partial charge in [-0.1, -0.05) is 30.3 Å². The number of carbonyl (C=O) groups excluding carboxylic acids is 1. The minimum Gasteiger partial charge on any atom is -0.389 e. The zero-order chi connectivity index (χ0) is 16.1. The third kappa shape index (κ3) is 4.39. The fourth-order valence-corrected chi connectivity index (χ4v) is 3.30. The minimum atomic E-state index is -0.708. The van der Waals surface area contributed by atoms with Crippen LogP contribution in [-0.4, -0.2) is 53.5 Å². The first kappa shape index (κ1) is 16.1. The van der Waals surface area contributed by atoms with Crippen LogP contribution in [0.2, 0.25) is 0 Å². The molecule has 2 saturated heterocycles. The second-order valence-corrected chi connectivity index (χ2v) is 6.58. The quantitative estimate of drug-likeness (QED) is 0.877. The lowest BCUT2D eigenvalue weighted by atomic mass is 9.85. The van der Waals surface area contributed by atoms with Crippen molar-refractivity contribution in [2.24, 2.45) is 4.99 Å². The second-order valence-electron chi connectivity index (χ2n) is 6.58. The van der Waals surface area contributed by atoms with Gasteiger partial charge in [0, 0.05) is 38.3 Å². The SMILES string of the molecule is O=C(N=C1CCNCC1)N1CCC(O)(Cc2ccccc2)CC1. The van der Waals surface area contributed by atoms with Crippen LogP contribution in [0, 0.1) is 0 Å². The molecule has 1 aromatic rings. The van der Waals surface area contributed by atoms with Crippen LogP contribution in [0.15, 0.2) is 35.3 Å². The highest BCUT2D eigenvalue weighted by atomic mass is 16.3. The van der Waals surface area contributed by atoms with Gasteiger partial charge in [0.25, 0.3) is 0 Å². The first-order valence-corrected chi connectivity index (χ1v) is 8.47. The standard InChI is InChI=1S/C18H25N3O2/c22-17(20-16-6-10-19-11-7-16)21-12-8-18(23,9-13-21)14-15-4-2-1-3-5-15/h1-5,19,23H,6-14H2. The normalized spacial score (nSPS) is 21.1. The Hall–Kier alpha value is -1.72. The number of likely N-dealkylation sites (tertiary alicyclic amines) is 1. The molecule has 2 fully saturated rings. The molecule has 3 rings (SSSR count). The van der Waals surface area contributed by atoms with Gasteiger partial charge < -0.3 is 15.3 Å². The van der Waals surface area contributed by atoms with Crippen molar-refractivity contribution >= 4 is 11.7 Å². The van der Waals surface area contributed by atoms with Gasteiger partial charge in [-0.15, -0.1) is 0 Å². The molecule has 2 heterocycles. The average Bonchev–Trinajstić information content (AvgIpc) is 2.57. The van der Waals surface area contributed by atoms with Gasteiger partial charge in [0.05, 0.1) is 5.60 Å². The maximum absolute atomic E-state index is 12.3. The fraction of sp³-hybridized carbons (Fsp3) is 0.556. The maximum atomic E-state index is 12.3. The molecule has 0 atom stereocenters.